The number of anilines is 1. The van der Waals surface area contributed by atoms with Gasteiger partial charge >= 0.3 is 11.7 Å². The molecule has 19 heavy (non-hydrogen) atoms. The van der Waals surface area contributed by atoms with E-state index < -0.39 is 37.5 Å². The fraction of sp³-hybridized carbons (Fsp3) is 0.333. The number of carboxylic acids is 1. The number of carboxylic acid groups (broad SMARTS) is 1. The van der Waals surface area contributed by atoms with Crippen molar-refractivity contribution in [2.75, 3.05) is 11.6 Å². The lowest BCUT2D eigenvalue weighted by Gasteiger charge is -2.10. The largest absolute Gasteiger partial charge is 0.480 e. The fourth-order valence-electron chi connectivity index (χ4n) is 1.21. The number of aromatic nitrogens is 1. The third-order valence-corrected chi connectivity index (χ3v) is 3.13. The predicted molar refractivity (Wildman–Crippen MR) is 64.7 cm³/mol. The molecule has 9 nitrogen and oxygen atoms in total. The van der Waals surface area contributed by atoms with E-state index in [9.17, 15) is 23.3 Å². The van der Waals surface area contributed by atoms with Crippen LogP contribution in [0.4, 0.5) is 11.5 Å². The molecule has 1 aromatic heterocycles. The summed E-state index contributed by atoms with van der Waals surface area (Å²) < 4.78 is 22.8. The molecule has 0 radical (unpaired) electrons. The summed E-state index contributed by atoms with van der Waals surface area (Å²) in [7, 11) is -3.90. The van der Waals surface area contributed by atoms with Crippen LogP contribution >= 0.6 is 0 Å². The van der Waals surface area contributed by atoms with Crippen LogP contribution in [0.15, 0.2) is 17.2 Å². The summed E-state index contributed by atoms with van der Waals surface area (Å²) in [6, 6.07) is 1.09. The number of carbonyl (C=O) groups is 1. The molecule has 0 spiro atoms. The molecule has 1 heterocycles. The van der Waals surface area contributed by atoms with Crippen molar-refractivity contribution < 1.29 is 23.2 Å². The standard InChI is InChI=1S/C9H11N3O6S/c1-5(9(13)14)10-7-4-3-6(12(15)16)8(11-7)19(2,17)18/h3-5H,1-2H3,(H,10,11)(H,13,14)/t5-/m0/s1. The number of rotatable bonds is 5. The fourth-order valence-corrected chi connectivity index (χ4v) is 2.00. The highest BCUT2D eigenvalue weighted by atomic mass is 32.2. The van der Waals surface area contributed by atoms with Gasteiger partial charge in [-0.25, -0.2) is 13.4 Å². The van der Waals surface area contributed by atoms with Gasteiger partial charge in [0, 0.05) is 12.3 Å². The Morgan fingerprint density at radius 3 is 2.53 bits per heavy atom. The number of aliphatic carboxylic acids is 1. The molecule has 104 valence electrons. The van der Waals surface area contributed by atoms with Crippen LogP contribution in [0.5, 0.6) is 0 Å². The van der Waals surface area contributed by atoms with Crippen molar-refractivity contribution in [2.45, 2.75) is 18.0 Å². The highest BCUT2D eigenvalue weighted by molar-refractivity contribution is 7.90. The maximum atomic E-state index is 11.4. The molecule has 0 aromatic carbocycles. The van der Waals surface area contributed by atoms with Gasteiger partial charge in [-0.3, -0.25) is 14.9 Å². The Bertz CT molecular complexity index is 627. The number of pyridine rings is 1. The molecule has 0 fully saturated rings. The normalized spacial score (nSPS) is 12.7. The number of sulfone groups is 1. The minimum Gasteiger partial charge on any atom is -0.480 e. The second-order valence-corrected chi connectivity index (χ2v) is 5.69. The van der Waals surface area contributed by atoms with Crippen LogP contribution in [0.1, 0.15) is 6.92 Å². The Morgan fingerprint density at radius 2 is 2.11 bits per heavy atom. The first-order valence-electron chi connectivity index (χ1n) is 4.97. The van der Waals surface area contributed by atoms with Crippen molar-refractivity contribution >= 4 is 27.3 Å². The molecular formula is C9H11N3O6S. The average molecular weight is 289 g/mol. The minimum absolute atomic E-state index is 0.0686. The number of nitrogens with one attached hydrogen (secondary N) is 1. The van der Waals surface area contributed by atoms with Crippen molar-refractivity contribution in [1.82, 2.24) is 4.98 Å². The highest BCUT2D eigenvalue weighted by Gasteiger charge is 2.25. The molecule has 0 aliphatic carbocycles. The average Bonchev–Trinajstić information content (AvgIpc) is 2.27. The molecule has 0 saturated heterocycles. The van der Waals surface area contributed by atoms with Gasteiger partial charge in [0.25, 0.3) is 0 Å². The van der Waals surface area contributed by atoms with Gasteiger partial charge in [0.15, 0.2) is 9.84 Å². The molecule has 10 heteroatoms. The Labute approximate surface area is 108 Å². The van der Waals surface area contributed by atoms with Crippen LogP contribution in [0, 0.1) is 10.1 Å². The molecular weight excluding hydrogens is 278 g/mol. The molecule has 1 atom stereocenters. The second-order valence-electron chi connectivity index (χ2n) is 3.75. The van der Waals surface area contributed by atoms with Gasteiger partial charge in [-0.2, -0.15) is 0 Å². The van der Waals surface area contributed by atoms with Crippen LogP contribution in [-0.4, -0.2) is 41.7 Å². The van der Waals surface area contributed by atoms with Gasteiger partial charge in [-0.05, 0) is 13.0 Å². The smallest absolute Gasteiger partial charge is 0.325 e. The molecule has 0 aliphatic heterocycles. The first-order valence-corrected chi connectivity index (χ1v) is 6.87. The molecule has 1 rings (SSSR count). The lowest BCUT2D eigenvalue weighted by Crippen LogP contribution is -2.26. The lowest BCUT2D eigenvalue weighted by molar-refractivity contribution is -0.388. The van der Waals surface area contributed by atoms with Gasteiger partial charge in [-0.15, -0.1) is 0 Å². The van der Waals surface area contributed by atoms with Crippen LogP contribution in [0.25, 0.3) is 0 Å². The zero-order chi connectivity index (χ0) is 14.8. The van der Waals surface area contributed by atoms with E-state index in [0.717, 1.165) is 18.4 Å². The van der Waals surface area contributed by atoms with E-state index in [1.807, 2.05) is 0 Å². The summed E-state index contributed by atoms with van der Waals surface area (Å²) >= 11 is 0. The second kappa shape index (κ2) is 5.18. The predicted octanol–water partition coefficient (Wildman–Crippen LogP) is 0.278. The van der Waals surface area contributed by atoms with Crippen molar-refractivity contribution in [2.24, 2.45) is 0 Å². The molecule has 0 unspecified atom stereocenters. The van der Waals surface area contributed by atoms with E-state index in [-0.39, 0.29) is 5.82 Å². The maximum absolute atomic E-state index is 11.4. The quantitative estimate of drug-likeness (QED) is 0.581. The van der Waals surface area contributed by atoms with Crippen molar-refractivity contribution in [3.63, 3.8) is 0 Å². The summed E-state index contributed by atoms with van der Waals surface area (Å²) in [5.74, 6) is -1.23. The molecule has 0 bridgehead atoms. The lowest BCUT2D eigenvalue weighted by atomic mass is 10.3. The van der Waals surface area contributed by atoms with Crippen molar-refractivity contribution in [3.8, 4) is 0 Å². The van der Waals surface area contributed by atoms with Crippen molar-refractivity contribution in [3.05, 3.63) is 22.2 Å². The summed E-state index contributed by atoms with van der Waals surface area (Å²) in [6.07, 6.45) is 0.784. The summed E-state index contributed by atoms with van der Waals surface area (Å²) in [6.45, 7) is 1.32. The van der Waals surface area contributed by atoms with E-state index >= 15 is 0 Å². The number of nitro groups is 1. The molecule has 0 aliphatic rings. The van der Waals surface area contributed by atoms with Crippen LogP contribution < -0.4 is 5.32 Å². The van der Waals surface area contributed by atoms with Gasteiger partial charge in [0.1, 0.15) is 11.9 Å². The van der Waals surface area contributed by atoms with E-state index in [4.69, 9.17) is 5.11 Å². The third-order valence-electron chi connectivity index (χ3n) is 2.12. The van der Waals surface area contributed by atoms with E-state index in [1.165, 1.54) is 6.92 Å². The van der Waals surface area contributed by atoms with Crippen LogP contribution in [-0.2, 0) is 14.6 Å². The van der Waals surface area contributed by atoms with E-state index in [2.05, 4.69) is 10.3 Å². The zero-order valence-corrected chi connectivity index (χ0v) is 10.8. The zero-order valence-electron chi connectivity index (χ0n) is 10.0. The number of nitrogens with zero attached hydrogens (tertiary/aromatic N) is 2. The molecule has 2 N–H and O–H groups in total. The summed E-state index contributed by atoms with van der Waals surface area (Å²) in [5, 5.41) is 21.1. The Morgan fingerprint density at radius 1 is 1.53 bits per heavy atom. The maximum Gasteiger partial charge on any atom is 0.325 e. The monoisotopic (exact) mass is 289 g/mol. The molecule has 0 amide bonds. The first kappa shape index (κ1) is 14.8. The first-order chi connectivity index (χ1) is 8.62. The molecule has 0 saturated carbocycles. The number of hydrogen-bond acceptors (Lipinski definition) is 7. The van der Waals surface area contributed by atoms with E-state index in [1.54, 1.807) is 0 Å². The Balaban J connectivity index is 3.27. The third kappa shape index (κ3) is 3.61. The Kier molecular flexibility index (Phi) is 4.04. The van der Waals surface area contributed by atoms with Gasteiger partial charge in [0.2, 0.25) is 5.03 Å². The summed E-state index contributed by atoms with van der Waals surface area (Å²) in [5.41, 5.74) is -0.656. The van der Waals surface area contributed by atoms with Gasteiger partial charge in [-0.1, -0.05) is 0 Å². The van der Waals surface area contributed by atoms with Gasteiger partial charge < -0.3 is 10.4 Å². The van der Waals surface area contributed by atoms with Crippen LogP contribution in [0.3, 0.4) is 0 Å². The summed E-state index contributed by atoms with van der Waals surface area (Å²) in [4.78, 5) is 24.1. The number of hydrogen-bond donors (Lipinski definition) is 2. The SMILES string of the molecule is C[C@H](Nc1ccc([N+](=O)[O-])c(S(C)(=O)=O)n1)C(=O)O. The highest BCUT2D eigenvalue weighted by Crippen LogP contribution is 2.23. The van der Waals surface area contributed by atoms with Crippen LogP contribution in [0.2, 0.25) is 0 Å². The Hall–Kier alpha value is -2.23. The van der Waals surface area contributed by atoms with Crippen molar-refractivity contribution in [1.29, 1.82) is 0 Å². The van der Waals surface area contributed by atoms with E-state index in [0.29, 0.717) is 0 Å². The topological polar surface area (TPSA) is 140 Å². The minimum atomic E-state index is -3.90. The molecule has 1 aromatic rings. The van der Waals surface area contributed by atoms with Gasteiger partial charge in [0.05, 0.1) is 4.92 Å².